The van der Waals surface area contributed by atoms with E-state index in [9.17, 15) is 9.59 Å². The van der Waals surface area contributed by atoms with Gasteiger partial charge in [-0.15, -0.1) is 0 Å². The fourth-order valence-corrected chi connectivity index (χ4v) is 3.69. The number of unbranched alkanes of at least 4 members (excludes halogenated alkanes) is 11. The SMILES string of the molecule is CCCCCC[C@H](CCC/C=C\CCCCCCCC(=O)OC)OC(=O)CCCCC. The number of carbonyl (C=O) groups excluding carboxylic acids is 2. The summed E-state index contributed by atoms with van der Waals surface area (Å²) in [6.07, 6.45) is 24.8. The summed E-state index contributed by atoms with van der Waals surface area (Å²) in [5.74, 6) is -0.103. The van der Waals surface area contributed by atoms with Gasteiger partial charge < -0.3 is 9.47 Å². The summed E-state index contributed by atoms with van der Waals surface area (Å²) in [6, 6.07) is 0. The third-order valence-corrected chi connectivity index (χ3v) is 5.71. The Hall–Kier alpha value is -1.32. The first-order valence-corrected chi connectivity index (χ1v) is 13.0. The van der Waals surface area contributed by atoms with Gasteiger partial charge in [0.15, 0.2) is 0 Å². The van der Waals surface area contributed by atoms with Gasteiger partial charge in [0.1, 0.15) is 6.10 Å². The lowest BCUT2D eigenvalue weighted by molar-refractivity contribution is -0.150. The lowest BCUT2D eigenvalue weighted by Gasteiger charge is -2.18. The number of methoxy groups -OCH3 is 1. The van der Waals surface area contributed by atoms with E-state index in [1.165, 1.54) is 45.6 Å². The smallest absolute Gasteiger partial charge is 0.306 e. The van der Waals surface area contributed by atoms with Gasteiger partial charge in [0.25, 0.3) is 0 Å². The summed E-state index contributed by atoms with van der Waals surface area (Å²) in [5.41, 5.74) is 0. The van der Waals surface area contributed by atoms with Crippen LogP contribution in [0.2, 0.25) is 0 Å². The number of carbonyl (C=O) groups is 2. The number of ether oxygens (including phenoxy) is 2. The van der Waals surface area contributed by atoms with Crippen LogP contribution in [0.1, 0.15) is 136 Å². The summed E-state index contributed by atoms with van der Waals surface area (Å²) in [7, 11) is 1.45. The molecular weight excluding hydrogens is 388 g/mol. The lowest BCUT2D eigenvalue weighted by Crippen LogP contribution is -2.18. The molecule has 0 unspecified atom stereocenters. The highest BCUT2D eigenvalue weighted by molar-refractivity contribution is 5.69. The van der Waals surface area contributed by atoms with Crippen LogP contribution in [0.25, 0.3) is 0 Å². The van der Waals surface area contributed by atoms with E-state index >= 15 is 0 Å². The predicted molar refractivity (Wildman–Crippen MR) is 130 cm³/mol. The third kappa shape index (κ3) is 21.7. The van der Waals surface area contributed by atoms with Gasteiger partial charge in [-0.2, -0.15) is 0 Å². The van der Waals surface area contributed by atoms with Crippen LogP contribution in [-0.4, -0.2) is 25.2 Å². The van der Waals surface area contributed by atoms with E-state index in [0.29, 0.717) is 12.8 Å². The van der Waals surface area contributed by atoms with E-state index < -0.39 is 0 Å². The number of esters is 2. The Bertz CT molecular complexity index is 445. The molecule has 0 aromatic heterocycles. The number of hydrogen-bond donors (Lipinski definition) is 0. The summed E-state index contributed by atoms with van der Waals surface area (Å²) in [4.78, 5) is 23.2. The van der Waals surface area contributed by atoms with Crippen molar-refractivity contribution in [1.29, 1.82) is 0 Å². The second kappa shape index (κ2) is 23.3. The number of rotatable bonds is 22. The fraction of sp³-hybridized carbons (Fsp3) is 0.852. The average Bonchev–Trinajstić information content (AvgIpc) is 2.77. The Morgan fingerprint density at radius 2 is 1.16 bits per heavy atom. The van der Waals surface area contributed by atoms with E-state index in [1.54, 1.807) is 0 Å². The van der Waals surface area contributed by atoms with E-state index in [2.05, 4.69) is 30.7 Å². The second-order valence-corrected chi connectivity index (χ2v) is 8.70. The molecule has 0 amide bonds. The predicted octanol–water partition coefficient (Wildman–Crippen LogP) is 8.08. The molecule has 0 aromatic carbocycles. The quantitative estimate of drug-likeness (QED) is 0.0973. The molecular formula is C27H50O4. The maximum Gasteiger partial charge on any atom is 0.306 e. The highest BCUT2D eigenvalue weighted by Crippen LogP contribution is 2.16. The van der Waals surface area contributed by atoms with Crippen molar-refractivity contribution in [2.24, 2.45) is 0 Å². The minimum Gasteiger partial charge on any atom is -0.469 e. The Labute approximate surface area is 192 Å². The standard InChI is InChI=1S/C27H50O4/c1-4-6-8-18-21-25(31-27(29)24-17-7-5-2)22-19-15-13-11-9-10-12-14-16-20-23-26(28)30-3/h11,13,25H,4-10,12,14-24H2,1-3H3/b13-11-/t25-/m1/s1. The third-order valence-electron chi connectivity index (χ3n) is 5.71. The first kappa shape index (κ1) is 29.7. The second-order valence-electron chi connectivity index (χ2n) is 8.70. The van der Waals surface area contributed by atoms with Crippen LogP contribution < -0.4 is 0 Å². The Kier molecular flexibility index (Phi) is 22.4. The maximum atomic E-state index is 12.1. The summed E-state index contributed by atoms with van der Waals surface area (Å²) in [5, 5.41) is 0. The zero-order chi connectivity index (χ0) is 23.0. The molecule has 0 aromatic rings. The van der Waals surface area contributed by atoms with Gasteiger partial charge in [0.2, 0.25) is 0 Å². The molecule has 0 aliphatic heterocycles. The molecule has 4 heteroatoms. The van der Waals surface area contributed by atoms with Crippen LogP contribution in [0, 0.1) is 0 Å². The molecule has 0 heterocycles. The molecule has 0 radical (unpaired) electrons. The van der Waals surface area contributed by atoms with Crippen molar-refractivity contribution < 1.29 is 19.1 Å². The topological polar surface area (TPSA) is 52.6 Å². The van der Waals surface area contributed by atoms with Gasteiger partial charge in [-0.1, -0.05) is 77.4 Å². The molecule has 0 N–H and O–H groups in total. The van der Waals surface area contributed by atoms with Crippen LogP contribution in [0.15, 0.2) is 12.2 Å². The van der Waals surface area contributed by atoms with Crippen molar-refractivity contribution in [2.45, 2.75) is 142 Å². The number of allylic oxidation sites excluding steroid dienone is 2. The minimum absolute atomic E-state index is 0.00364. The van der Waals surface area contributed by atoms with Gasteiger partial charge >= 0.3 is 11.9 Å². The molecule has 0 bridgehead atoms. The summed E-state index contributed by atoms with van der Waals surface area (Å²) in [6.45, 7) is 4.38. The van der Waals surface area contributed by atoms with Crippen LogP contribution >= 0.6 is 0 Å². The first-order chi connectivity index (χ1) is 15.1. The van der Waals surface area contributed by atoms with Crippen molar-refractivity contribution >= 4 is 11.9 Å². The Morgan fingerprint density at radius 1 is 0.645 bits per heavy atom. The molecule has 0 rings (SSSR count). The molecule has 0 saturated carbocycles. The van der Waals surface area contributed by atoms with E-state index in [4.69, 9.17) is 4.74 Å². The van der Waals surface area contributed by atoms with E-state index in [0.717, 1.165) is 70.6 Å². The zero-order valence-corrected chi connectivity index (χ0v) is 20.8. The van der Waals surface area contributed by atoms with Crippen molar-refractivity contribution in [3.05, 3.63) is 12.2 Å². The first-order valence-electron chi connectivity index (χ1n) is 13.0. The highest BCUT2D eigenvalue weighted by atomic mass is 16.5. The van der Waals surface area contributed by atoms with Gasteiger partial charge in [-0.25, -0.2) is 0 Å². The summed E-state index contributed by atoms with van der Waals surface area (Å²) >= 11 is 0. The van der Waals surface area contributed by atoms with Gasteiger partial charge in [0.05, 0.1) is 7.11 Å². The Morgan fingerprint density at radius 3 is 1.87 bits per heavy atom. The average molecular weight is 439 g/mol. The van der Waals surface area contributed by atoms with Crippen LogP contribution in [-0.2, 0) is 19.1 Å². The lowest BCUT2D eigenvalue weighted by atomic mass is 10.0. The summed E-state index contributed by atoms with van der Waals surface area (Å²) < 4.78 is 10.5. The minimum atomic E-state index is -0.0996. The zero-order valence-electron chi connectivity index (χ0n) is 20.8. The maximum absolute atomic E-state index is 12.1. The highest BCUT2D eigenvalue weighted by Gasteiger charge is 2.13. The molecule has 31 heavy (non-hydrogen) atoms. The van der Waals surface area contributed by atoms with E-state index in [1.807, 2.05) is 0 Å². The largest absolute Gasteiger partial charge is 0.469 e. The van der Waals surface area contributed by atoms with Crippen molar-refractivity contribution in [2.75, 3.05) is 7.11 Å². The molecule has 1 atom stereocenters. The number of hydrogen-bond acceptors (Lipinski definition) is 4. The molecule has 0 aliphatic carbocycles. The van der Waals surface area contributed by atoms with Crippen LogP contribution in [0.4, 0.5) is 0 Å². The van der Waals surface area contributed by atoms with Crippen LogP contribution in [0.3, 0.4) is 0 Å². The fourth-order valence-electron chi connectivity index (χ4n) is 3.69. The molecule has 4 nitrogen and oxygen atoms in total. The van der Waals surface area contributed by atoms with Crippen molar-refractivity contribution in [3.63, 3.8) is 0 Å². The monoisotopic (exact) mass is 438 g/mol. The molecule has 0 aliphatic rings. The van der Waals surface area contributed by atoms with E-state index in [-0.39, 0.29) is 18.0 Å². The molecule has 0 fully saturated rings. The van der Waals surface area contributed by atoms with Crippen molar-refractivity contribution in [3.8, 4) is 0 Å². The molecule has 0 spiro atoms. The Balaban J connectivity index is 3.87. The van der Waals surface area contributed by atoms with Gasteiger partial charge in [0, 0.05) is 12.8 Å². The van der Waals surface area contributed by atoms with Gasteiger partial charge in [-0.3, -0.25) is 9.59 Å². The van der Waals surface area contributed by atoms with Crippen LogP contribution in [0.5, 0.6) is 0 Å². The molecule has 182 valence electrons. The normalized spacial score (nSPS) is 12.2. The van der Waals surface area contributed by atoms with Gasteiger partial charge in [-0.05, 0) is 57.8 Å². The van der Waals surface area contributed by atoms with Crippen molar-refractivity contribution in [1.82, 2.24) is 0 Å². The molecule has 0 saturated heterocycles.